The summed E-state index contributed by atoms with van der Waals surface area (Å²) in [7, 11) is 3.19. The van der Waals surface area contributed by atoms with Gasteiger partial charge < -0.3 is 14.6 Å². The molecule has 0 aliphatic carbocycles. The van der Waals surface area contributed by atoms with Gasteiger partial charge in [0, 0.05) is 11.1 Å². The maximum atomic E-state index is 9.68. The van der Waals surface area contributed by atoms with E-state index in [9.17, 15) is 5.11 Å². The number of methoxy groups -OCH3 is 2. The first-order valence-corrected chi connectivity index (χ1v) is 9.84. The van der Waals surface area contributed by atoms with Crippen LogP contribution in [0.1, 0.15) is 25.0 Å². The quantitative estimate of drug-likeness (QED) is 0.535. The van der Waals surface area contributed by atoms with Crippen molar-refractivity contribution in [2.24, 2.45) is 0 Å². The van der Waals surface area contributed by atoms with Gasteiger partial charge in [-0.25, -0.2) is 15.0 Å². The molecule has 0 fully saturated rings. The van der Waals surface area contributed by atoms with Gasteiger partial charge in [-0.05, 0) is 36.8 Å². The predicted molar refractivity (Wildman–Crippen MR) is 113 cm³/mol. The first kappa shape index (κ1) is 20.0. The summed E-state index contributed by atoms with van der Waals surface area (Å²) >= 11 is 1.54. The average Bonchev–Trinajstić information content (AvgIpc) is 3.17. The maximum Gasteiger partial charge on any atom is 0.232 e. The minimum Gasteiger partial charge on any atom is -0.497 e. The largest absolute Gasteiger partial charge is 0.497 e. The normalized spacial score (nSPS) is 10.6. The summed E-state index contributed by atoms with van der Waals surface area (Å²) in [6.07, 6.45) is 1.61. The number of ether oxygens (including phenoxy) is 2. The van der Waals surface area contributed by atoms with E-state index in [1.165, 1.54) is 0 Å². The van der Waals surface area contributed by atoms with Gasteiger partial charge in [-0.15, -0.1) is 11.3 Å². The van der Waals surface area contributed by atoms with Crippen LogP contribution in [0.15, 0.2) is 30.5 Å². The molecule has 146 valence electrons. The lowest BCUT2D eigenvalue weighted by Gasteiger charge is -2.06. The molecule has 0 aliphatic rings. The fraction of sp³-hybridized carbons (Fsp3) is 0.286. The second kappa shape index (κ2) is 8.50. The molecule has 0 spiro atoms. The van der Waals surface area contributed by atoms with Crippen molar-refractivity contribution in [3.63, 3.8) is 0 Å². The third kappa shape index (κ3) is 3.63. The Kier molecular flexibility index (Phi) is 6.06. The predicted octanol–water partition coefficient (Wildman–Crippen LogP) is 4.75. The summed E-state index contributed by atoms with van der Waals surface area (Å²) in [5.74, 6) is 1.18. The molecule has 0 atom stereocenters. The minimum absolute atomic E-state index is 0.0948. The van der Waals surface area contributed by atoms with Crippen LogP contribution in [0, 0.1) is 6.92 Å². The van der Waals surface area contributed by atoms with E-state index in [0.717, 1.165) is 42.9 Å². The summed E-state index contributed by atoms with van der Waals surface area (Å²) in [6, 6.07) is 7.77. The van der Waals surface area contributed by atoms with E-state index in [4.69, 9.17) is 14.5 Å². The van der Waals surface area contributed by atoms with Crippen LogP contribution < -0.4 is 9.47 Å². The topological polar surface area (TPSA) is 77.4 Å². The zero-order valence-corrected chi connectivity index (χ0v) is 17.4. The number of fused-ring (bicyclic) bond motifs is 2. The van der Waals surface area contributed by atoms with E-state index in [-0.39, 0.29) is 6.61 Å². The highest BCUT2D eigenvalue weighted by molar-refractivity contribution is 7.21. The Balaban J connectivity index is 0.00000109. The number of aryl methyl sites for hydroxylation is 1. The first-order chi connectivity index (χ1) is 13.6. The highest BCUT2D eigenvalue weighted by Gasteiger charge is 2.16. The second-order valence-electron chi connectivity index (χ2n) is 5.90. The zero-order valence-electron chi connectivity index (χ0n) is 16.6. The summed E-state index contributed by atoms with van der Waals surface area (Å²) in [5, 5.41) is 10.5. The molecule has 0 saturated heterocycles. The SMILES string of the molecule is CC.COc1cc(CO)c2nc(-c3cc(C)cc4nc(OC)cnc34)sc2c1. The van der Waals surface area contributed by atoms with Crippen molar-refractivity contribution in [1.29, 1.82) is 0 Å². The molecule has 1 N–H and O–H groups in total. The number of thiazole rings is 1. The van der Waals surface area contributed by atoms with Crippen molar-refractivity contribution >= 4 is 32.6 Å². The lowest BCUT2D eigenvalue weighted by atomic mass is 10.1. The highest BCUT2D eigenvalue weighted by atomic mass is 32.1. The third-order valence-electron chi connectivity index (χ3n) is 4.16. The monoisotopic (exact) mass is 397 g/mol. The standard InChI is InChI=1S/C19H17N3O3S.C2H6/c1-10-4-13(18-14(5-10)21-16(25-3)8-20-18)19-22-17-11(9-23)6-12(24-2)7-15(17)26-19;1-2/h4-8,23H,9H2,1-3H3;1-2H3. The van der Waals surface area contributed by atoms with Gasteiger partial charge in [-0.2, -0.15) is 0 Å². The van der Waals surface area contributed by atoms with Crippen LogP contribution in [0.25, 0.3) is 31.8 Å². The van der Waals surface area contributed by atoms with E-state index in [0.29, 0.717) is 11.6 Å². The van der Waals surface area contributed by atoms with E-state index in [2.05, 4.69) is 16.0 Å². The van der Waals surface area contributed by atoms with Crippen molar-refractivity contribution in [1.82, 2.24) is 15.0 Å². The molecule has 0 unspecified atom stereocenters. The number of aromatic nitrogens is 3. The number of rotatable bonds is 4. The molecule has 4 rings (SSSR count). The molecule has 0 saturated carbocycles. The molecule has 6 nitrogen and oxygen atoms in total. The summed E-state index contributed by atoms with van der Waals surface area (Å²) in [6.45, 7) is 5.92. The Morgan fingerprint density at radius 3 is 2.46 bits per heavy atom. The van der Waals surface area contributed by atoms with Gasteiger partial charge >= 0.3 is 0 Å². The Bertz CT molecular complexity index is 1120. The van der Waals surface area contributed by atoms with E-state index in [1.807, 2.05) is 39.0 Å². The molecule has 2 heterocycles. The lowest BCUT2D eigenvalue weighted by Crippen LogP contribution is -1.93. The molecule has 0 bridgehead atoms. The molecular weight excluding hydrogens is 374 g/mol. The molecule has 0 aliphatic heterocycles. The van der Waals surface area contributed by atoms with E-state index >= 15 is 0 Å². The molecule has 2 aromatic heterocycles. The van der Waals surface area contributed by atoms with Crippen LogP contribution in [0.5, 0.6) is 11.6 Å². The number of benzene rings is 2. The van der Waals surface area contributed by atoms with Gasteiger partial charge in [-0.3, -0.25) is 0 Å². The van der Waals surface area contributed by atoms with E-state index in [1.54, 1.807) is 31.8 Å². The van der Waals surface area contributed by atoms with Crippen molar-refractivity contribution in [3.05, 3.63) is 41.6 Å². The molecule has 2 aromatic carbocycles. The Morgan fingerprint density at radius 1 is 1.00 bits per heavy atom. The van der Waals surface area contributed by atoms with Crippen LogP contribution in [0.2, 0.25) is 0 Å². The second-order valence-corrected chi connectivity index (χ2v) is 6.93. The van der Waals surface area contributed by atoms with Gasteiger partial charge in [0.1, 0.15) is 10.8 Å². The Hall–Kier alpha value is -2.77. The summed E-state index contributed by atoms with van der Waals surface area (Å²) < 4.78 is 11.5. The van der Waals surface area contributed by atoms with Crippen LogP contribution in [-0.2, 0) is 6.61 Å². The van der Waals surface area contributed by atoms with Gasteiger partial charge in [0.2, 0.25) is 5.88 Å². The molecular formula is C21H23N3O3S. The molecule has 4 aromatic rings. The fourth-order valence-electron chi connectivity index (χ4n) is 2.93. The number of nitrogens with zero attached hydrogens (tertiary/aromatic N) is 3. The van der Waals surface area contributed by atoms with Crippen LogP contribution in [-0.4, -0.2) is 34.3 Å². The van der Waals surface area contributed by atoms with Gasteiger partial charge in [0.25, 0.3) is 0 Å². The summed E-state index contributed by atoms with van der Waals surface area (Å²) in [5.41, 5.74) is 5.04. The molecule has 7 heteroatoms. The third-order valence-corrected chi connectivity index (χ3v) is 5.20. The number of hydrogen-bond donors (Lipinski definition) is 1. The van der Waals surface area contributed by atoms with Crippen molar-refractivity contribution in [3.8, 4) is 22.2 Å². The van der Waals surface area contributed by atoms with Crippen LogP contribution in [0.4, 0.5) is 0 Å². The number of aliphatic hydroxyl groups excluding tert-OH is 1. The van der Waals surface area contributed by atoms with Crippen LogP contribution >= 0.6 is 11.3 Å². The Labute approximate surface area is 167 Å². The average molecular weight is 398 g/mol. The molecule has 0 radical (unpaired) electrons. The van der Waals surface area contributed by atoms with Gasteiger partial charge in [0.15, 0.2) is 0 Å². The van der Waals surface area contributed by atoms with Crippen molar-refractivity contribution < 1.29 is 14.6 Å². The Morgan fingerprint density at radius 2 is 1.79 bits per heavy atom. The van der Waals surface area contributed by atoms with Crippen LogP contribution in [0.3, 0.4) is 0 Å². The summed E-state index contributed by atoms with van der Waals surface area (Å²) in [4.78, 5) is 13.8. The number of hydrogen-bond acceptors (Lipinski definition) is 7. The van der Waals surface area contributed by atoms with E-state index < -0.39 is 0 Å². The smallest absolute Gasteiger partial charge is 0.232 e. The van der Waals surface area contributed by atoms with Gasteiger partial charge in [0.05, 0.1) is 48.3 Å². The first-order valence-electron chi connectivity index (χ1n) is 9.03. The highest BCUT2D eigenvalue weighted by Crippen LogP contribution is 2.37. The minimum atomic E-state index is -0.0948. The van der Waals surface area contributed by atoms with Crippen molar-refractivity contribution in [2.75, 3.05) is 14.2 Å². The zero-order chi connectivity index (χ0) is 20.3. The molecule has 28 heavy (non-hydrogen) atoms. The van der Waals surface area contributed by atoms with Crippen molar-refractivity contribution in [2.45, 2.75) is 27.4 Å². The maximum absolute atomic E-state index is 9.68. The lowest BCUT2D eigenvalue weighted by molar-refractivity contribution is 0.282. The van der Waals surface area contributed by atoms with Gasteiger partial charge in [-0.1, -0.05) is 13.8 Å². The molecule has 0 amide bonds. The number of aliphatic hydroxyl groups is 1. The fourth-order valence-corrected chi connectivity index (χ4v) is 3.99.